The predicted molar refractivity (Wildman–Crippen MR) is 172 cm³/mol. The molecule has 0 bridgehead atoms. The van der Waals surface area contributed by atoms with Crippen LogP contribution >= 0.6 is 12.2 Å². The van der Waals surface area contributed by atoms with Gasteiger partial charge in [-0.05, 0) is 24.3 Å². The van der Waals surface area contributed by atoms with Crippen molar-refractivity contribution in [1.82, 2.24) is 19.8 Å². The van der Waals surface area contributed by atoms with Crippen molar-refractivity contribution in [2.45, 2.75) is 33.9 Å². The largest absolute Gasteiger partial charge is 0.477 e. The highest BCUT2D eigenvalue weighted by molar-refractivity contribution is 7.80. The van der Waals surface area contributed by atoms with Gasteiger partial charge in [0, 0.05) is 50.4 Å². The first-order chi connectivity index (χ1) is 21.5. The summed E-state index contributed by atoms with van der Waals surface area (Å²) in [6.07, 6.45) is 0. The normalized spacial score (nSPS) is 17.6. The van der Waals surface area contributed by atoms with Crippen molar-refractivity contribution < 1.29 is 38.7 Å². The fourth-order valence-electron chi connectivity index (χ4n) is 4.27. The Bertz CT molecular complexity index is 1240. The minimum Gasteiger partial charge on any atom is -0.477 e. The molecule has 14 heteroatoms. The summed E-state index contributed by atoms with van der Waals surface area (Å²) in [7, 11) is 0. The van der Waals surface area contributed by atoms with Crippen LogP contribution in [0.15, 0.2) is 30.3 Å². The molecule has 45 heavy (non-hydrogen) atoms. The van der Waals surface area contributed by atoms with Crippen LogP contribution in [0.25, 0.3) is 0 Å². The Hall–Kier alpha value is -3.11. The second-order valence-electron chi connectivity index (χ2n) is 11.6. The third kappa shape index (κ3) is 13.8. The first kappa shape index (κ1) is 36.4. The summed E-state index contributed by atoms with van der Waals surface area (Å²) in [4.78, 5) is 36.5. The third-order valence-electron chi connectivity index (χ3n) is 6.79. The number of thiocarbonyl (C=S) groups is 1. The van der Waals surface area contributed by atoms with Gasteiger partial charge in [0.2, 0.25) is 0 Å². The van der Waals surface area contributed by atoms with Gasteiger partial charge >= 0.3 is 11.9 Å². The minimum absolute atomic E-state index is 0.0156. The smallest absolute Gasteiger partial charge is 0.354 e. The van der Waals surface area contributed by atoms with Crippen molar-refractivity contribution in [3.8, 4) is 0 Å². The number of carbonyl (C=O) groups is 2. The number of aromatic carboxylic acids is 2. The number of pyridine rings is 2. The van der Waals surface area contributed by atoms with Gasteiger partial charge in [-0.15, -0.1) is 0 Å². The van der Waals surface area contributed by atoms with Crippen molar-refractivity contribution in [3.63, 3.8) is 0 Å². The van der Waals surface area contributed by atoms with E-state index in [9.17, 15) is 19.8 Å². The van der Waals surface area contributed by atoms with Crippen LogP contribution in [-0.4, -0.2) is 126 Å². The lowest BCUT2D eigenvalue weighted by molar-refractivity contribution is 0.00597. The number of nitrogens with one attached hydrogen (secondary N) is 1. The number of aromatic nitrogens is 2. The zero-order chi connectivity index (χ0) is 32.7. The predicted octanol–water partition coefficient (Wildman–Crippen LogP) is 3.04. The van der Waals surface area contributed by atoms with Crippen molar-refractivity contribution in [2.75, 3.05) is 84.4 Å². The second-order valence-corrected chi connectivity index (χ2v) is 12.0. The average molecular weight is 648 g/mol. The Labute approximate surface area is 269 Å². The Morgan fingerprint density at radius 3 is 1.69 bits per heavy atom. The molecule has 2 aromatic rings. The fraction of sp³-hybridized carbons (Fsp3) is 0.581. The molecule has 1 saturated heterocycles. The van der Waals surface area contributed by atoms with Gasteiger partial charge in [0.25, 0.3) is 0 Å². The van der Waals surface area contributed by atoms with E-state index in [0.717, 1.165) is 0 Å². The number of carboxylic acid groups (broad SMARTS) is 2. The quantitative estimate of drug-likeness (QED) is 0.377. The highest BCUT2D eigenvalue weighted by Crippen LogP contribution is 2.21. The van der Waals surface area contributed by atoms with E-state index in [1.165, 1.54) is 12.1 Å². The summed E-state index contributed by atoms with van der Waals surface area (Å²) >= 11 is 5.51. The van der Waals surface area contributed by atoms with Gasteiger partial charge in [-0.25, -0.2) is 19.6 Å². The van der Waals surface area contributed by atoms with Crippen molar-refractivity contribution in [2.24, 2.45) is 5.41 Å². The van der Waals surface area contributed by atoms with E-state index in [0.29, 0.717) is 114 Å². The van der Waals surface area contributed by atoms with E-state index in [2.05, 4.69) is 25.1 Å². The van der Waals surface area contributed by atoms with Gasteiger partial charge in [0.15, 0.2) is 5.69 Å². The van der Waals surface area contributed by atoms with Gasteiger partial charge in [0.05, 0.1) is 69.2 Å². The third-order valence-corrected chi connectivity index (χ3v) is 7.50. The molecule has 1 aliphatic heterocycles. The minimum atomic E-state index is -1.11. The standard InChI is InChI=1S/C31H45N5O8S/c1-31(2,3)30(45)34-24-19-25(33-27(20-24)29(39)40)22-36-9-13-43-17-15-41-11-7-35(8-12-42-16-18-44-14-10-36)21-23-5-4-6-26(32-23)28(37)38/h4-6,19-20H,7-18,21-22H2,1-3H3,(H,37,38)(H,39,40)(H,33,34,45). The molecule has 3 rings (SSSR count). The van der Waals surface area contributed by atoms with Crippen molar-refractivity contribution in [1.29, 1.82) is 0 Å². The van der Waals surface area contributed by atoms with E-state index < -0.39 is 11.9 Å². The highest BCUT2D eigenvalue weighted by atomic mass is 32.1. The monoisotopic (exact) mass is 647 g/mol. The van der Waals surface area contributed by atoms with Crippen LogP contribution in [0.1, 0.15) is 53.1 Å². The lowest BCUT2D eigenvalue weighted by atomic mass is 9.96. The van der Waals surface area contributed by atoms with Gasteiger partial charge in [-0.1, -0.05) is 39.1 Å². The number of hydrogen-bond acceptors (Lipinski definition) is 11. The Morgan fingerprint density at radius 2 is 1.22 bits per heavy atom. The molecule has 0 atom stereocenters. The van der Waals surface area contributed by atoms with Crippen LogP contribution in [0.2, 0.25) is 0 Å². The molecule has 0 aromatic carbocycles. The van der Waals surface area contributed by atoms with Gasteiger partial charge in [0.1, 0.15) is 5.69 Å². The molecule has 3 N–H and O–H groups in total. The van der Waals surface area contributed by atoms with Crippen LogP contribution < -0.4 is 5.32 Å². The summed E-state index contributed by atoms with van der Waals surface area (Å²) in [5.74, 6) is -2.17. The topological polar surface area (TPSA) is 156 Å². The highest BCUT2D eigenvalue weighted by Gasteiger charge is 2.19. The van der Waals surface area contributed by atoms with Crippen LogP contribution in [-0.2, 0) is 32.0 Å². The molecule has 248 valence electrons. The van der Waals surface area contributed by atoms with Crippen LogP contribution in [0.4, 0.5) is 5.69 Å². The maximum Gasteiger partial charge on any atom is 0.354 e. The summed E-state index contributed by atoms with van der Waals surface area (Å²) in [6, 6.07) is 8.28. The van der Waals surface area contributed by atoms with Crippen LogP contribution in [0.3, 0.4) is 0 Å². The summed E-state index contributed by atoms with van der Waals surface area (Å²) in [5.41, 5.74) is 1.53. The summed E-state index contributed by atoms with van der Waals surface area (Å²) in [6.45, 7) is 12.8. The number of anilines is 1. The molecule has 0 unspecified atom stereocenters. The second kappa shape index (κ2) is 18.8. The molecule has 3 heterocycles. The van der Waals surface area contributed by atoms with Crippen molar-refractivity contribution >= 4 is 34.8 Å². The number of nitrogens with zero attached hydrogens (tertiary/aromatic N) is 4. The van der Waals surface area contributed by atoms with E-state index in [-0.39, 0.29) is 16.8 Å². The van der Waals surface area contributed by atoms with Gasteiger partial charge < -0.3 is 34.5 Å². The molecule has 1 fully saturated rings. The number of rotatable bonds is 7. The van der Waals surface area contributed by atoms with Crippen molar-refractivity contribution in [3.05, 3.63) is 53.1 Å². The SMILES string of the molecule is CC(C)(C)C(=S)Nc1cc(CN2CCOCCOCCN(Cc3cccc(C(=O)O)n3)CCOCCOCC2)nc(C(=O)O)c1. The first-order valence-electron chi connectivity index (χ1n) is 15.0. The number of hydrogen-bond donors (Lipinski definition) is 3. The van der Waals surface area contributed by atoms with Crippen LogP contribution in [0.5, 0.6) is 0 Å². The number of carboxylic acids is 2. The number of ether oxygens (including phenoxy) is 4. The molecule has 0 aliphatic carbocycles. The molecular formula is C31H45N5O8S. The van der Waals surface area contributed by atoms with Gasteiger partial charge in [-0.3, -0.25) is 9.80 Å². The van der Waals surface area contributed by atoms with Gasteiger partial charge in [-0.2, -0.15) is 0 Å². The lowest BCUT2D eigenvalue weighted by Crippen LogP contribution is -2.33. The first-order valence-corrected chi connectivity index (χ1v) is 15.4. The Kier molecular flexibility index (Phi) is 15.2. The fourth-order valence-corrected chi connectivity index (χ4v) is 4.39. The lowest BCUT2D eigenvalue weighted by Gasteiger charge is -2.24. The molecule has 0 spiro atoms. The average Bonchev–Trinajstić information content (AvgIpc) is 2.98. The molecule has 0 radical (unpaired) electrons. The maximum absolute atomic E-state index is 11.8. The summed E-state index contributed by atoms with van der Waals surface area (Å²) < 4.78 is 23.3. The Balaban J connectivity index is 1.56. The molecule has 0 amide bonds. The molecule has 0 saturated carbocycles. The maximum atomic E-state index is 11.8. The van der Waals surface area contributed by atoms with E-state index in [4.69, 9.17) is 31.2 Å². The van der Waals surface area contributed by atoms with Crippen LogP contribution in [0, 0.1) is 5.41 Å². The zero-order valence-corrected chi connectivity index (χ0v) is 27.1. The zero-order valence-electron chi connectivity index (χ0n) is 26.3. The molecule has 2 aromatic heterocycles. The summed E-state index contributed by atoms with van der Waals surface area (Å²) in [5, 5.41) is 22.1. The molecule has 13 nitrogen and oxygen atoms in total. The van der Waals surface area contributed by atoms with E-state index >= 15 is 0 Å². The molecular weight excluding hydrogens is 602 g/mol. The Morgan fingerprint density at radius 1 is 0.756 bits per heavy atom. The van der Waals surface area contributed by atoms with E-state index in [1.54, 1.807) is 6.07 Å². The van der Waals surface area contributed by atoms with E-state index in [1.807, 2.05) is 32.9 Å². The molecule has 1 aliphatic rings.